The van der Waals surface area contributed by atoms with Crippen LogP contribution in [0.2, 0.25) is 0 Å². The smallest absolute Gasteiger partial charge is 0.333 e. The lowest BCUT2D eigenvalue weighted by Gasteiger charge is -2.23. The fourth-order valence-corrected chi connectivity index (χ4v) is 1.84. The van der Waals surface area contributed by atoms with E-state index in [1.54, 1.807) is 17.2 Å². The van der Waals surface area contributed by atoms with Crippen LogP contribution in [0.3, 0.4) is 0 Å². The number of carbonyl (C=O) groups is 1. The third kappa shape index (κ3) is 3.40. The van der Waals surface area contributed by atoms with Gasteiger partial charge in [0.2, 0.25) is 0 Å². The number of alkyl halides is 1. The molecule has 1 aliphatic heterocycles. The summed E-state index contributed by atoms with van der Waals surface area (Å²) in [4.78, 5) is 17.0. The number of hydrogen-bond donors (Lipinski definition) is 0. The zero-order valence-electron chi connectivity index (χ0n) is 10.5. The lowest BCUT2D eigenvalue weighted by molar-refractivity contribution is -0.135. The molecule has 4 nitrogen and oxygen atoms in total. The maximum atomic E-state index is 12.6. The number of esters is 1. The number of nitrogens with zero attached hydrogens (tertiary/aromatic N) is 2. The predicted octanol–water partition coefficient (Wildman–Crippen LogP) is 1.94. The molecule has 1 aliphatic rings. The second-order valence-corrected chi connectivity index (χ2v) is 4.15. The summed E-state index contributed by atoms with van der Waals surface area (Å²) >= 11 is 0. The largest absolute Gasteiger partial charge is 0.456 e. The average Bonchev–Trinajstić information content (AvgIpc) is 2.86. The van der Waals surface area contributed by atoms with Gasteiger partial charge in [0.1, 0.15) is 13.3 Å². The molecule has 0 fully saturated rings. The minimum absolute atomic E-state index is 0.205. The number of hydrogen-bond acceptors (Lipinski definition) is 4. The van der Waals surface area contributed by atoms with Crippen LogP contribution in [-0.2, 0) is 16.1 Å². The van der Waals surface area contributed by atoms with Gasteiger partial charge in [0.05, 0.1) is 11.4 Å². The molecule has 0 amide bonds. The van der Waals surface area contributed by atoms with E-state index in [1.165, 1.54) is 6.08 Å². The Morgan fingerprint density at radius 2 is 2.37 bits per heavy atom. The molecular formula is C14H15FN2O2. The molecule has 0 unspecified atom stereocenters. The Bertz CT molecular complexity index is 497. The van der Waals surface area contributed by atoms with Gasteiger partial charge in [0.25, 0.3) is 0 Å². The van der Waals surface area contributed by atoms with Crippen molar-refractivity contribution in [3.8, 4) is 0 Å². The fourth-order valence-electron chi connectivity index (χ4n) is 1.84. The second kappa shape index (κ2) is 6.13. The van der Waals surface area contributed by atoms with Crippen LogP contribution in [0.4, 0.5) is 4.39 Å². The molecule has 2 rings (SSSR count). The number of carbonyl (C=O) groups excluding carboxylic acids is 1. The van der Waals surface area contributed by atoms with E-state index in [-0.39, 0.29) is 19.1 Å². The van der Waals surface area contributed by atoms with Crippen LogP contribution in [0, 0.1) is 0 Å². The van der Waals surface area contributed by atoms with E-state index in [4.69, 9.17) is 4.74 Å². The fraction of sp³-hybridized carbons (Fsp3) is 0.286. The summed E-state index contributed by atoms with van der Waals surface area (Å²) in [6.07, 6.45) is 4.79. The summed E-state index contributed by atoms with van der Waals surface area (Å²) in [7, 11) is 0. The van der Waals surface area contributed by atoms with Crippen LogP contribution < -0.4 is 0 Å². The van der Waals surface area contributed by atoms with Crippen molar-refractivity contribution in [3.63, 3.8) is 0 Å². The van der Waals surface area contributed by atoms with Gasteiger partial charge in [-0.1, -0.05) is 12.6 Å². The third-order valence-electron chi connectivity index (χ3n) is 2.84. The number of cyclic esters (lactones) is 1. The first-order chi connectivity index (χ1) is 9.22. The van der Waals surface area contributed by atoms with Crippen molar-refractivity contribution in [3.05, 3.63) is 47.9 Å². The molecular weight excluding hydrogens is 247 g/mol. The number of aromatic nitrogens is 1. The highest BCUT2D eigenvalue weighted by molar-refractivity contribution is 5.85. The van der Waals surface area contributed by atoms with Gasteiger partial charge < -0.3 is 9.64 Å². The van der Waals surface area contributed by atoms with Crippen LogP contribution in [0.1, 0.15) is 11.3 Å². The topological polar surface area (TPSA) is 42.4 Å². The standard InChI is InChI=1S/C14H15FN2O2/c1-2-12-4-3-11(8-16-12)9-17(6-5-15)13-7-14(18)19-10-13/h2-4,7-8H,1,5-6,9-10H2. The van der Waals surface area contributed by atoms with Crippen molar-refractivity contribution in [1.29, 1.82) is 0 Å². The van der Waals surface area contributed by atoms with Crippen molar-refractivity contribution in [2.45, 2.75) is 6.54 Å². The lowest BCUT2D eigenvalue weighted by Crippen LogP contribution is -2.26. The highest BCUT2D eigenvalue weighted by Crippen LogP contribution is 2.15. The Morgan fingerprint density at radius 3 is 2.89 bits per heavy atom. The second-order valence-electron chi connectivity index (χ2n) is 4.15. The molecule has 5 heteroatoms. The molecule has 0 aromatic carbocycles. The number of halogens is 1. The van der Waals surface area contributed by atoms with Gasteiger partial charge in [-0.3, -0.25) is 4.98 Å². The highest BCUT2D eigenvalue weighted by Gasteiger charge is 2.19. The van der Waals surface area contributed by atoms with Gasteiger partial charge in [-0.25, -0.2) is 9.18 Å². The number of pyridine rings is 1. The Labute approximate surface area is 111 Å². The van der Waals surface area contributed by atoms with Gasteiger partial charge >= 0.3 is 5.97 Å². The van der Waals surface area contributed by atoms with Gasteiger partial charge in [0, 0.05) is 25.4 Å². The van der Waals surface area contributed by atoms with Gasteiger partial charge in [-0.05, 0) is 17.7 Å². The average molecular weight is 262 g/mol. The maximum absolute atomic E-state index is 12.6. The molecule has 1 aromatic rings. The summed E-state index contributed by atoms with van der Waals surface area (Å²) in [5.41, 5.74) is 2.44. The predicted molar refractivity (Wildman–Crippen MR) is 69.8 cm³/mol. The van der Waals surface area contributed by atoms with Crippen LogP contribution >= 0.6 is 0 Å². The van der Waals surface area contributed by atoms with Crippen LogP contribution in [-0.4, -0.2) is 35.7 Å². The first-order valence-corrected chi connectivity index (χ1v) is 5.98. The number of ether oxygens (including phenoxy) is 1. The summed E-state index contributed by atoms with van der Waals surface area (Å²) in [6, 6.07) is 3.76. The summed E-state index contributed by atoms with van der Waals surface area (Å²) in [5.74, 6) is -0.376. The van der Waals surface area contributed by atoms with E-state index in [0.717, 1.165) is 11.3 Å². The molecule has 0 atom stereocenters. The van der Waals surface area contributed by atoms with E-state index in [9.17, 15) is 9.18 Å². The molecule has 2 heterocycles. The molecule has 1 aromatic heterocycles. The summed E-state index contributed by atoms with van der Waals surface area (Å²) in [6.45, 7) is 4.08. The first kappa shape index (κ1) is 13.3. The maximum Gasteiger partial charge on any atom is 0.333 e. The molecule has 0 aliphatic carbocycles. The zero-order chi connectivity index (χ0) is 13.7. The molecule has 0 spiro atoms. The van der Waals surface area contributed by atoms with Gasteiger partial charge in [-0.15, -0.1) is 0 Å². The Balaban J connectivity index is 2.09. The van der Waals surface area contributed by atoms with E-state index < -0.39 is 6.67 Å². The highest BCUT2D eigenvalue weighted by atomic mass is 19.1. The minimum atomic E-state index is -0.482. The van der Waals surface area contributed by atoms with Crippen molar-refractivity contribution in [1.82, 2.24) is 9.88 Å². The monoisotopic (exact) mass is 262 g/mol. The van der Waals surface area contributed by atoms with Gasteiger partial charge in [-0.2, -0.15) is 0 Å². The van der Waals surface area contributed by atoms with Crippen molar-refractivity contribution in [2.24, 2.45) is 0 Å². The first-order valence-electron chi connectivity index (χ1n) is 5.98. The van der Waals surface area contributed by atoms with Crippen molar-refractivity contribution < 1.29 is 13.9 Å². The van der Waals surface area contributed by atoms with Crippen LogP contribution in [0.5, 0.6) is 0 Å². The summed E-state index contributed by atoms with van der Waals surface area (Å²) in [5, 5.41) is 0. The molecule has 0 radical (unpaired) electrons. The molecule has 0 bridgehead atoms. The third-order valence-corrected chi connectivity index (χ3v) is 2.84. The number of rotatable bonds is 6. The van der Waals surface area contributed by atoms with E-state index in [1.807, 2.05) is 12.1 Å². The van der Waals surface area contributed by atoms with Crippen molar-refractivity contribution >= 4 is 12.0 Å². The van der Waals surface area contributed by atoms with E-state index in [2.05, 4.69) is 11.6 Å². The van der Waals surface area contributed by atoms with Crippen molar-refractivity contribution in [2.75, 3.05) is 19.8 Å². The molecule has 0 N–H and O–H groups in total. The SMILES string of the molecule is C=Cc1ccc(CN(CCF)C2=CC(=O)OC2)cn1. The van der Waals surface area contributed by atoms with E-state index in [0.29, 0.717) is 12.2 Å². The summed E-state index contributed by atoms with van der Waals surface area (Å²) < 4.78 is 17.4. The Morgan fingerprint density at radius 1 is 1.53 bits per heavy atom. The van der Waals surface area contributed by atoms with Crippen LogP contribution in [0.15, 0.2) is 36.7 Å². The normalized spacial score (nSPS) is 13.9. The molecule has 100 valence electrons. The van der Waals surface area contributed by atoms with Crippen LogP contribution in [0.25, 0.3) is 6.08 Å². The molecule has 0 saturated carbocycles. The molecule has 0 saturated heterocycles. The minimum Gasteiger partial charge on any atom is -0.456 e. The quantitative estimate of drug-likeness (QED) is 0.735. The Kier molecular flexibility index (Phi) is 4.28. The zero-order valence-corrected chi connectivity index (χ0v) is 10.5. The van der Waals surface area contributed by atoms with Gasteiger partial charge in [0.15, 0.2) is 0 Å². The van der Waals surface area contributed by atoms with E-state index >= 15 is 0 Å². The molecule has 19 heavy (non-hydrogen) atoms. The Hall–Kier alpha value is -2.17. The lowest BCUT2D eigenvalue weighted by atomic mass is 10.2.